The molecular formula is C15H15N3O2S. The van der Waals surface area contributed by atoms with Crippen LogP contribution in [0.2, 0.25) is 0 Å². The van der Waals surface area contributed by atoms with Crippen LogP contribution in [0.3, 0.4) is 0 Å². The van der Waals surface area contributed by atoms with Gasteiger partial charge in [-0.3, -0.25) is 4.79 Å². The van der Waals surface area contributed by atoms with Crippen LogP contribution in [-0.2, 0) is 6.54 Å². The number of amides is 1. The first kappa shape index (κ1) is 13.6. The van der Waals surface area contributed by atoms with Gasteiger partial charge in [0.2, 0.25) is 0 Å². The van der Waals surface area contributed by atoms with Gasteiger partial charge in [0.15, 0.2) is 0 Å². The molecule has 0 aliphatic heterocycles. The minimum absolute atomic E-state index is 0.205. The Morgan fingerprint density at radius 2 is 2.19 bits per heavy atom. The lowest BCUT2D eigenvalue weighted by atomic mass is 10.2. The molecule has 3 N–H and O–H groups in total. The Morgan fingerprint density at radius 3 is 2.86 bits per heavy atom. The molecule has 0 unspecified atom stereocenters. The standard InChI is InChI=1S/C15H15N3O2S/c1-8-5-6-17-15-11(8)12(16)13(21-15)14(19)18-7-10-4-3-9(2)20-10/h3-6H,7,16H2,1-2H3,(H,18,19). The second-order valence-electron chi connectivity index (χ2n) is 4.85. The van der Waals surface area contributed by atoms with Crippen LogP contribution in [0.1, 0.15) is 26.8 Å². The van der Waals surface area contributed by atoms with Crippen LogP contribution < -0.4 is 11.1 Å². The van der Waals surface area contributed by atoms with Crippen molar-refractivity contribution in [1.82, 2.24) is 10.3 Å². The Hall–Kier alpha value is -2.34. The van der Waals surface area contributed by atoms with Gasteiger partial charge >= 0.3 is 0 Å². The fraction of sp³-hybridized carbons (Fsp3) is 0.200. The number of carbonyl (C=O) groups is 1. The Kier molecular flexibility index (Phi) is 3.39. The zero-order valence-electron chi connectivity index (χ0n) is 11.8. The fourth-order valence-corrected chi connectivity index (χ4v) is 3.26. The topological polar surface area (TPSA) is 81.2 Å². The molecule has 0 spiro atoms. The number of nitrogen functional groups attached to an aromatic ring is 1. The highest BCUT2D eigenvalue weighted by Crippen LogP contribution is 2.34. The summed E-state index contributed by atoms with van der Waals surface area (Å²) in [5.41, 5.74) is 7.62. The summed E-state index contributed by atoms with van der Waals surface area (Å²) in [4.78, 5) is 17.8. The minimum Gasteiger partial charge on any atom is -0.465 e. The number of pyridine rings is 1. The SMILES string of the molecule is Cc1ccc(CNC(=O)c2sc3nccc(C)c3c2N)o1. The first-order chi connectivity index (χ1) is 10.1. The molecule has 5 nitrogen and oxygen atoms in total. The summed E-state index contributed by atoms with van der Waals surface area (Å²) in [5, 5.41) is 3.68. The number of hydrogen-bond acceptors (Lipinski definition) is 5. The number of nitrogens with one attached hydrogen (secondary N) is 1. The second kappa shape index (κ2) is 5.21. The van der Waals surface area contributed by atoms with E-state index in [2.05, 4.69) is 10.3 Å². The third kappa shape index (κ3) is 2.50. The zero-order valence-corrected chi connectivity index (χ0v) is 12.6. The van der Waals surface area contributed by atoms with Crippen molar-refractivity contribution >= 4 is 33.1 Å². The Morgan fingerprint density at radius 1 is 1.38 bits per heavy atom. The number of nitrogens with two attached hydrogens (primary N) is 1. The molecule has 0 aromatic carbocycles. The highest BCUT2D eigenvalue weighted by molar-refractivity contribution is 7.21. The summed E-state index contributed by atoms with van der Waals surface area (Å²) in [6.45, 7) is 4.16. The molecule has 0 aliphatic rings. The van der Waals surface area contributed by atoms with E-state index >= 15 is 0 Å². The van der Waals surface area contributed by atoms with Gasteiger partial charge in [0.05, 0.1) is 12.2 Å². The van der Waals surface area contributed by atoms with Crippen molar-refractivity contribution in [2.75, 3.05) is 5.73 Å². The van der Waals surface area contributed by atoms with Crippen molar-refractivity contribution in [3.05, 3.63) is 46.4 Å². The molecule has 108 valence electrons. The molecule has 0 atom stereocenters. The molecule has 1 amide bonds. The summed E-state index contributed by atoms with van der Waals surface area (Å²) in [7, 11) is 0. The lowest BCUT2D eigenvalue weighted by Gasteiger charge is -2.02. The van der Waals surface area contributed by atoms with Gasteiger partial charge in [0, 0.05) is 11.6 Å². The number of furan rings is 1. The van der Waals surface area contributed by atoms with E-state index in [1.54, 1.807) is 6.20 Å². The highest BCUT2D eigenvalue weighted by atomic mass is 32.1. The van der Waals surface area contributed by atoms with Crippen LogP contribution >= 0.6 is 11.3 Å². The quantitative estimate of drug-likeness (QED) is 0.779. The summed E-state index contributed by atoms with van der Waals surface area (Å²) in [6, 6.07) is 5.59. The van der Waals surface area contributed by atoms with Crippen LogP contribution in [-0.4, -0.2) is 10.9 Å². The number of nitrogens with zero attached hydrogens (tertiary/aromatic N) is 1. The summed E-state index contributed by atoms with van der Waals surface area (Å²) in [6.07, 6.45) is 1.72. The molecule has 3 aromatic rings. The smallest absolute Gasteiger partial charge is 0.263 e. The van der Waals surface area contributed by atoms with E-state index in [9.17, 15) is 4.79 Å². The average Bonchev–Trinajstić information content (AvgIpc) is 3.01. The summed E-state index contributed by atoms with van der Waals surface area (Å²) >= 11 is 1.31. The number of aromatic nitrogens is 1. The molecule has 0 saturated heterocycles. The number of hydrogen-bond donors (Lipinski definition) is 2. The predicted molar refractivity (Wildman–Crippen MR) is 83.4 cm³/mol. The Balaban J connectivity index is 1.84. The number of anilines is 1. The van der Waals surface area contributed by atoms with Crippen molar-refractivity contribution in [3.63, 3.8) is 0 Å². The number of carbonyl (C=O) groups excluding carboxylic acids is 1. The number of rotatable bonds is 3. The Bertz CT molecular complexity index is 820. The number of aryl methyl sites for hydroxylation is 2. The largest absolute Gasteiger partial charge is 0.465 e. The highest BCUT2D eigenvalue weighted by Gasteiger charge is 2.18. The van der Waals surface area contributed by atoms with Crippen molar-refractivity contribution in [3.8, 4) is 0 Å². The first-order valence-corrected chi connectivity index (χ1v) is 7.35. The molecule has 0 fully saturated rings. The third-order valence-corrected chi connectivity index (χ3v) is 4.37. The fourth-order valence-electron chi connectivity index (χ4n) is 2.20. The average molecular weight is 301 g/mol. The van der Waals surface area contributed by atoms with Gasteiger partial charge in [-0.15, -0.1) is 11.3 Å². The molecule has 0 aliphatic carbocycles. The monoisotopic (exact) mass is 301 g/mol. The van der Waals surface area contributed by atoms with Crippen LogP contribution in [0.5, 0.6) is 0 Å². The molecule has 21 heavy (non-hydrogen) atoms. The summed E-state index contributed by atoms with van der Waals surface area (Å²) in [5.74, 6) is 1.33. The van der Waals surface area contributed by atoms with E-state index < -0.39 is 0 Å². The molecule has 0 saturated carbocycles. The lowest BCUT2D eigenvalue weighted by Crippen LogP contribution is -2.22. The molecular weight excluding hydrogens is 286 g/mol. The van der Waals surface area contributed by atoms with Crippen molar-refractivity contribution < 1.29 is 9.21 Å². The predicted octanol–water partition coefficient (Wildman–Crippen LogP) is 3.02. The minimum atomic E-state index is -0.205. The van der Waals surface area contributed by atoms with Crippen molar-refractivity contribution in [2.45, 2.75) is 20.4 Å². The summed E-state index contributed by atoms with van der Waals surface area (Å²) < 4.78 is 5.42. The van der Waals surface area contributed by atoms with Gasteiger partial charge in [0.1, 0.15) is 21.2 Å². The first-order valence-electron chi connectivity index (χ1n) is 6.53. The second-order valence-corrected chi connectivity index (χ2v) is 5.85. The molecule has 3 rings (SSSR count). The van der Waals surface area contributed by atoms with Gasteiger partial charge in [-0.2, -0.15) is 0 Å². The lowest BCUT2D eigenvalue weighted by molar-refractivity contribution is 0.0953. The van der Waals surface area contributed by atoms with Crippen LogP contribution in [0.15, 0.2) is 28.8 Å². The van der Waals surface area contributed by atoms with E-state index in [-0.39, 0.29) is 5.91 Å². The van der Waals surface area contributed by atoms with E-state index in [1.807, 2.05) is 32.0 Å². The van der Waals surface area contributed by atoms with E-state index in [4.69, 9.17) is 10.2 Å². The van der Waals surface area contributed by atoms with Gasteiger partial charge in [-0.25, -0.2) is 4.98 Å². The Labute approximate surface area is 125 Å². The molecule has 6 heteroatoms. The maximum absolute atomic E-state index is 12.3. The maximum Gasteiger partial charge on any atom is 0.263 e. The van der Waals surface area contributed by atoms with Crippen molar-refractivity contribution in [2.24, 2.45) is 0 Å². The van der Waals surface area contributed by atoms with E-state index in [1.165, 1.54) is 11.3 Å². The van der Waals surface area contributed by atoms with Crippen LogP contribution in [0, 0.1) is 13.8 Å². The molecule has 3 aromatic heterocycles. The van der Waals surface area contributed by atoms with Crippen molar-refractivity contribution in [1.29, 1.82) is 0 Å². The normalized spacial score (nSPS) is 11.0. The maximum atomic E-state index is 12.3. The van der Waals surface area contributed by atoms with Crippen LogP contribution in [0.4, 0.5) is 5.69 Å². The molecule has 0 radical (unpaired) electrons. The molecule has 3 heterocycles. The van der Waals surface area contributed by atoms with E-state index in [0.29, 0.717) is 17.1 Å². The van der Waals surface area contributed by atoms with Gasteiger partial charge in [-0.1, -0.05) is 0 Å². The number of thiophene rings is 1. The van der Waals surface area contributed by atoms with Gasteiger partial charge < -0.3 is 15.5 Å². The van der Waals surface area contributed by atoms with E-state index in [0.717, 1.165) is 27.3 Å². The van der Waals surface area contributed by atoms with Crippen LogP contribution in [0.25, 0.3) is 10.2 Å². The molecule has 0 bridgehead atoms. The number of fused-ring (bicyclic) bond motifs is 1. The van der Waals surface area contributed by atoms with Gasteiger partial charge in [0.25, 0.3) is 5.91 Å². The zero-order chi connectivity index (χ0) is 15.0. The van der Waals surface area contributed by atoms with Gasteiger partial charge in [-0.05, 0) is 37.6 Å². The third-order valence-electron chi connectivity index (χ3n) is 3.26.